The van der Waals surface area contributed by atoms with Crippen molar-refractivity contribution in [2.75, 3.05) is 31.9 Å². The van der Waals surface area contributed by atoms with Gasteiger partial charge in [-0.05, 0) is 30.7 Å². The van der Waals surface area contributed by atoms with E-state index in [9.17, 15) is 23.9 Å². The van der Waals surface area contributed by atoms with E-state index in [0.29, 0.717) is 60.3 Å². The number of hydrogen-bond donors (Lipinski definition) is 3. The van der Waals surface area contributed by atoms with Crippen LogP contribution in [0.5, 0.6) is 0 Å². The second-order valence-corrected chi connectivity index (χ2v) is 9.37. The lowest BCUT2D eigenvalue weighted by Gasteiger charge is -2.46. The molecule has 0 aliphatic carbocycles. The Hall–Kier alpha value is -3.80. The minimum atomic E-state index is -0.890. The number of amides is 1. The van der Waals surface area contributed by atoms with Crippen LogP contribution in [0.3, 0.4) is 0 Å². The molecule has 1 aromatic carbocycles. The number of fused-ring (bicyclic) bond motifs is 1. The fourth-order valence-corrected chi connectivity index (χ4v) is 4.72. The van der Waals surface area contributed by atoms with Gasteiger partial charge in [-0.3, -0.25) is 24.2 Å². The first-order valence-corrected chi connectivity index (χ1v) is 12.1. The van der Waals surface area contributed by atoms with Crippen molar-refractivity contribution >= 4 is 34.2 Å². The summed E-state index contributed by atoms with van der Waals surface area (Å²) in [7, 11) is 0. The van der Waals surface area contributed by atoms with Crippen LogP contribution in [0.4, 0.5) is 10.2 Å². The second-order valence-electron chi connectivity index (χ2n) is 9.37. The standard InChI is InChI=1S/C26H27FN6O4/c27-16-4-1-3-15(11-16)20-7-6-18-19(12-29-24(28)23(18)31-20)25(36)30-17-13-33(14-17)26(37)32-9-2-5-21(34)22(35)8-10-32/h1,3-4,6-7,11-12,17,26,37H,2,5,8-10,13-14H2,(H2,28,29)(H,30,36). The molecule has 5 rings (SSSR count). The number of nitrogens with zero attached hydrogens (tertiary/aromatic N) is 4. The quantitative estimate of drug-likeness (QED) is 0.437. The molecule has 2 fully saturated rings. The Morgan fingerprint density at radius 1 is 1.11 bits per heavy atom. The van der Waals surface area contributed by atoms with Crippen LogP contribution in [0.2, 0.25) is 0 Å². The number of pyridine rings is 2. The van der Waals surface area contributed by atoms with Crippen LogP contribution in [0.15, 0.2) is 42.6 Å². The number of Topliss-reactive ketones (excluding diaryl/α,β-unsaturated/α-hetero) is 2. The molecule has 10 nitrogen and oxygen atoms in total. The summed E-state index contributed by atoms with van der Waals surface area (Å²) in [6.45, 7) is 1.69. The van der Waals surface area contributed by atoms with Gasteiger partial charge < -0.3 is 16.2 Å². The number of nitrogen functional groups attached to an aromatic ring is 1. The third-order valence-electron chi connectivity index (χ3n) is 6.81. The molecule has 37 heavy (non-hydrogen) atoms. The molecule has 1 amide bonds. The van der Waals surface area contributed by atoms with Gasteiger partial charge in [0.05, 0.1) is 17.3 Å². The Balaban J connectivity index is 1.24. The molecular formula is C26H27FN6O4. The Morgan fingerprint density at radius 2 is 1.89 bits per heavy atom. The lowest BCUT2D eigenvalue weighted by Crippen LogP contribution is -2.65. The highest BCUT2D eigenvalue weighted by molar-refractivity contribution is 6.37. The van der Waals surface area contributed by atoms with E-state index in [1.54, 1.807) is 34.1 Å². The monoisotopic (exact) mass is 506 g/mol. The van der Waals surface area contributed by atoms with Crippen LogP contribution in [0.1, 0.15) is 29.6 Å². The van der Waals surface area contributed by atoms with Crippen molar-refractivity contribution in [1.82, 2.24) is 25.1 Å². The summed E-state index contributed by atoms with van der Waals surface area (Å²) in [4.78, 5) is 48.7. The lowest BCUT2D eigenvalue weighted by molar-refractivity contribution is -0.151. The largest absolute Gasteiger partial charge is 0.382 e. The summed E-state index contributed by atoms with van der Waals surface area (Å²) in [5.74, 6) is -1.30. The first-order valence-electron chi connectivity index (χ1n) is 12.1. The SMILES string of the molecule is Nc1ncc(C(=O)NC2CN(C(O)N3CCCC(=O)C(=O)CC3)C2)c2ccc(-c3cccc(F)c3)nc12. The van der Waals surface area contributed by atoms with E-state index in [1.165, 1.54) is 18.3 Å². The van der Waals surface area contributed by atoms with E-state index < -0.39 is 12.1 Å². The molecule has 2 aliphatic rings. The van der Waals surface area contributed by atoms with Gasteiger partial charge in [-0.1, -0.05) is 12.1 Å². The molecule has 0 radical (unpaired) electrons. The molecule has 2 aromatic heterocycles. The van der Waals surface area contributed by atoms with Gasteiger partial charge in [0.25, 0.3) is 5.91 Å². The number of nitrogens with two attached hydrogens (primary N) is 1. The predicted octanol–water partition coefficient (Wildman–Crippen LogP) is 1.33. The van der Waals surface area contributed by atoms with Gasteiger partial charge in [-0.15, -0.1) is 0 Å². The topological polar surface area (TPSA) is 142 Å². The number of hydrogen-bond acceptors (Lipinski definition) is 9. The van der Waals surface area contributed by atoms with Gasteiger partial charge in [0, 0.05) is 56.2 Å². The van der Waals surface area contributed by atoms with E-state index in [0.717, 1.165) is 0 Å². The maximum Gasteiger partial charge on any atom is 0.253 e. The van der Waals surface area contributed by atoms with Crippen molar-refractivity contribution < 1.29 is 23.9 Å². The smallest absolute Gasteiger partial charge is 0.253 e. The number of nitrogens with one attached hydrogen (secondary N) is 1. The third kappa shape index (κ3) is 5.19. The number of rotatable bonds is 5. The predicted molar refractivity (Wildman–Crippen MR) is 134 cm³/mol. The molecular weight excluding hydrogens is 479 g/mol. The summed E-state index contributed by atoms with van der Waals surface area (Å²) in [6, 6.07) is 9.29. The number of aromatic nitrogens is 2. The Labute approximate surface area is 212 Å². The molecule has 1 unspecified atom stereocenters. The van der Waals surface area contributed by atoms with E-state index in [1.807, 2.05) is 0 Å². The van der Waals surface area contributed by atoms with Gasteiger partial charge >= 0.3 is 0 Å². The third-order valence-corrected chi connectivity index (χ3v) is 6.81. The number of carbonyl (C=O) groups is 3. The molecule has 1 atom stereocenters. The van der Waals surface area contributed by atoms with Crippen LogP contribution in [-0.4, -0.2) is 80.9 Å². The summed E-state index contributed by atoms with van der Waals surface area (Å²) in [5, 5.41) is 14.2. The van der Waals surface area contributed by atoms with Crippen molar-refractivity contribution in [1.29, 1.82) is 0 Å². The van der Waals surface area contributed by atoms with Crippen molar-refractivity contribution in [2.24, 2.45) is 0 Å². The number of ketones is 2. The van der Waals surface area contributed by atoms with Gasteiger partial charge in [-0.25, -0.2) is 14.4 Å². The highest BCUT2D eigenvalue weighted by Crippen LogP contribution is 2.26. The number of aliphatic hydroxyl groups excluding tert-OH is 1. The zero-order chi connectivity index (χ0) is 26.1. The zero-order valence-electron chi connectivity index (χ0n) is 20.1. The molecule has 2 aliphatic heterocycles. The highest BCUT2D eigenvalue weighted by atomic mass is 19.1. The van der Waals surface area contributed by atoms with Crippen LogP contribution in [0, 0.1) is 5.82 Å². The summed E-state index contributed by atoms with van der Waals surface area (Å²) < 4.78 is 13.7. The average Bonchev–Trinajstić information content (AvgIpc) is 2.86. The summed E-state index contributed by atoms with van der Waals surface area (Å²) in [5.41, 5.74) is 7.80. The number of carbonyl (C=O) groups excluding carboxylic acids is 3. The molecule has 0 bridgehead atoms. The number of anilines is 1. The minimum absolute atomic E-state index is 0.0933. The number of halogens is 1. The normalized spacial score (nSPS) is 18.8. The maximum atomic E-state index is 13.7. The number of benzene rings is 1. The van der Waals surface area contributed by atoms with Gasteiger partial charge in [0.15, 0.2) is 17.9 Å². The average molecular weight is 507 g/mol. The fourth-order valence-electron chi connectivity index (χ4n) is 4.72. The molecule has 192 valence electrons. The molecule has 2 saturated heterocycles. The number of aliphatic hydroxyl groups is 1. The minimum Gasteiger partial charge on any atom is -0.382 e. The van der Waals surface area contributed by atoms with E-state index in [4.69, 9.17) is 5.73 Å². The molecule has 0 spiro atoms. The lowest BCUT2D eigenvalue weighted by atomic mass is 10.0. The molecule has 3 aromatic rings. The zero-order valence-corrected chi connectivity index (χ0v) is 20.1. The van der Waals surface area contributed by atoms with Crippen LogP contribution in [0.25, 0.3) is 22.2 Å². The Bertz CT molecular complexity index is 1380. The van der Waals surface area contributed by atoms with Gasteiger partial charge in [0.2, 0.25) is 0 Å². The highest BCUT2D eigenvalue weighted by Gasteiger charge is 2.36. The fraction of sp³-hybridized carbons (Fsp3) is 0.346. The molecule has 11 heteroatoms. The first kappa shape index (κ1) is 24.9. The first-order chi connectivity index (χ1) is 17.8. The van der Waals surface area contributed by atoms with Crippen LogP contribution in [-0.2, 0) is 9.59 Å². The van der Waals surface area contributed by atoms with Crippen molar-refractivity contribution in [3.63, 3.8) is 0 Å². The molecule has 4 heterocycles. The van der Waals surface area contributed by atoms with E-state index >= 15 is 0 Å². The van der Waals surface area contributed by atoms with Gasteiger partial charge in [0.1, 0.15) is 17.2 Å². The van der Waals surface area contributed by atoms with E-state index in [-0.39, 0.29) is 42.2 Å². The second kappa shape index (κ2) is 10.3. The summed E-state index contributed by atoms with van der Waals surface area (Å²) >= 11 is 0. The van der Waals surface area contributed by atoms with E-state index in [2.05, 4.69) is 15.3 Å². The van der Waals surface area contributed by atoms with Crippen molar-refractivity contribution in [3.05, 3.63) is 54.0 Å². The maximum absolute atomic E-state index is 13.7. The molecule has 0 saturated carbocycles. The van der Waals surface area contributed by atoms with Crippen LogP contribution >= 0.6 is 0 Å². The summed E-state index contributed by atoms with van der Waals surface area (Å²) in [6.07, 6.45) is 1.32. The molecule has 4 N–H and O–H groups in total. The van der Waals surface area contributed by atoms with Crippen molar-refractivity contribution in [2.45, 2.75) is 31.7 Å². The van der Waals surface area contributed by atoms with Crippen molar-refractivity contribution in [3.8, 4) is 11.3 Å². The Morgan fingerprint density at radius 3 is 2.68 bits per heavy atom. The number of likely N-dealkylation sites (tertiary alicyclic amines) is 2. The van der Waals surface area contributed by atoms with Gasteiger partial charge in [-0.2, -0.15) is 0 Å². The van der Waals surface area contributed by atoms with Crippen LogP contribution < -0.4 is 11.1 Å². The Kier molecular flexibility index (Phi) is 6.92.